The van der Waals surface area contributed by atoms with Crippen LogP contribution in [0, 0.1) is 5.41 Å². The molecule has 0 fully saturated rings. The van der Waals surface area contributed by atoms with Crippen molar-refractivity contribution in [3.05, 3.63) is 58.6 Å². The minimum absolute atomic E-state index is 0.00412. The van der Waals surface area contributed by atoms with Gasteiger partial charge in [0.1, 0.15) is 0 Å². The van der Waals surface area contributed by atoms with Crippen LogP contribution in [0.5, 0.6) is 0 Å². The largest absolute Gasteiger partial charge is 0.352 e. The lowest BCUT2D eigenvalue weighted by molar-refractivity contribution is 0.0939. The maximum Gasteiger partial charge on any atom is 0.264 e. The third kappa shape index (κ3) is 4.28. The first-order valence-electron chi connectivity index (χ1n) is 8.77. The summed E-state index contributed by atoms with van der Waals surface area (Å²) < 4.78 is 27.3. The SMILES string of the molecule is CC(C)(C)CNC(=O)c1ccc2c(c1)CCN2S(=O)(=O)c1ccc(Cl)cc1. The zero-order valence-electron chi connectivity index (χ0n) is 15.6. The number of hydrogen-bond acceptors (Lipinski definition) is 3. The molecule has 2 aromatic rings. The Morgan fingerprint density at radius 1 is 1.15 bits per heavy atom. The van der Waals surface area contributed by atoms with Gasteiger partial charge < -0.3 is 5.32 Å². The molecule has 1 aliphatic heterocycles. The summed E-state index contributed by atoms with van der Waals surface area (Å²) in [6.07, 6.45) is 0.572. The van der Waals surface area contributed by atoms with Crippen molar-refractivity contribution in [2.24, 2.45) is 5.41 Å². The van der Waals surface area contributed by atoms with Gasteiger partial charge in [0, 0.05) is 23.7 Å². The lowest BCUT2D eigenvalue weighted by Gasteiger charge is -2.20. The van der Waals surface area contributed by atoms with Gasteiger partial charge in [-0.1, -0.05) is 32.4 Å². The average molecular weight is 407 g/mol. The predicted molar refractivity (Wildman–Crippen MR) is 108 cm³/mol. The van der Waals surface area contributed by atoms with Crippen LogP contribution < -0.4 is 9.62 Å². The van der Waals surface area contributed by atoms with Gasteiger partial charge in [0.25, 0.3) is 15.9 Å². The second-order valence-electron chi connectivity index (χ2n) is 7.87. The molecule has 0 atom stereocenters. The minimum Gasteiger partial charge on any atom is -0.352 e. The fraction of sp³-hybridized carbons (Fsp3) is 0.350. The molecule has 0 saturated heterocycles. The third-order valence-corrected chi connectivity index (χ3v) is 6.45. The van der Waals surface area contributed by atoms with Gasteiger partial charge in [-0.15, -0.1) is 0 Å². The highest BCUT2D eigenvalue weighted by molar-refractivity contribution is 7.92. The molecule has 0 unspecified atom stereocenters. The molecular weight excluding hydrogens is 384 g/mol. The van der Waals surface area contributed by atoms with E-state index in [9.17, 15) is 13.2 Å². The number of halogens is 1. The second kappa shape index (κ2) is 7.17. The number of anilines is 1. The van der Waals surface area contributed by atoms with Gasteiger partial charge in [-0.05, 0) is 59.9 Å². The highest BCUT2D eigenvalue weighted by Gasteiger charge is 2.31. The Morgan fingerprint density at radius 3 is 2.44 bits per heavy atom. The number of amides is 1. The molecule has 0 spiro atoms. The summed E-state index contributed by atoms with van der Waals surface area (Å²) in [7, 11) is -3.66. The molecular formula is C20H23ClN2O3S. The van der Waals surface area contributed by atoms with Crippen LogP contribution in [0.15, 0.2) is 47.4 Å². The topological polar surface area (TPSA) is 66.5 Å². The van der Waals surface area contributed by atoms with Crippen LogP contribution in [0.2, 0.25) is 5.02 Å². The molecule has 1 N–H and O–H groups in total. The number of benzene rings is 2. The quantitative estimate of drug-likeness (QED) is 0.838. The molecule has 5 nitrogen and oxygen atoms in total. The zero-order valence-corrected chi connectivity index (χ0v) is 17.2. The van der Waals surface area contributed by atoms with Crippen LogP contribution in [0.1, 0.15) is 36.7 Å². The van der Waals surface area contributed by atoms with Crippen molar-refractivity contribution in [2.75, 3.05) is 17.4 Å². The highest BCUT2D eigenvalue weighted by Crippen LogP contribution is 2.33. The van der Waals surface area contributed by atoms with Crippen molar-refractivity contribution < 1.29 is 13.2 Å². The second-order valence-corrected chi connectivity index (χ2v) is 10.2. The first kappa shape index (κ1) is 19.7. The van der Waals surface area contributed by atoms with Gasteiger partial charge in [-0.3, -0.25) is 9.10 Å². The van der Waals surface area contributed by atoms with Crippen LogP contribution in [-0.2, 0) is 16.4 Å². The van der Waals surface area contributed by atoms with Crippen LogP contribution >= 0.6 is 11.6 Å². The van der Waals surface area contributed by atoms with E-state index in [1.165, 1.54) is 16.4 Å². The Bertz CT molecular complexity index is 964. The number of hydrogen-bond donors (Lipinski definition) is 1. The van der Waals surface area contributed by atoms with E-state index in [2.05, 4.69) is 26.1 Å². The number of carbonyl (C=O) groups is 1. The molecule has 3 rings (SSSR count). The van der Waals surface area contributed by atoms with Crippen LogP contribution in [0.4, 0.5) is 5.69 Å². The lowest BCUT2D eigenvalue weighted by Crippen LogP contribution is -2.32. The molecule has 2 aromatic carbocycles. The van der Waals surface area contributed by atoms with Crippen molar-refractivity contribution >= 4 is 33.2 Å². The molecule has 0 aromatic heterocycles. The molecule has 0 radical (unpaired) electrons. The smallest absolute Gasteiger partial charge is 0.264 e. The van der Waals surface area contributed by atoms with Crippen molar-refractivity contribution in [3.63, 3.8) is 0 Å². The maximum absolute atomic E-state index is 12.9. The fourth-order valence-corrected chi connectivity index (χ4v) is 4.57. The normalized spacial score (nSPS) is 14.1. The number of sulfonamides is 1. The zero-order chi connectivity index (χ0) is 19.8. The summed E-state index contributed by atoms with van der Waals surface area (Å²) in [5.74, 6) is -0.147. The van der Waals surface area contributed by atoms with E-state index >= 15 is 0 Å². The first-order valence-corrected chi connectivity index (χ1v) is 10.6. The van der Waals surface area contributed by atoms with Crippen molar-refractivity contribution in [1.82, 2.24) is 5.32 Å². The van der Waals surface area contributed by atoms with E-state index in [0.29, 0.717) is 35.8 Å². The summed E-state index contributed by atoms with van der Waals surface area (Å²) in [5, 5.41) is 3.41. The van der Waals surface area contributed by atoms with Crippen LogP contribution in [0.25, 0.3) is 0 Å². The van der Waals surface area contributed by atoms with Gasteiger partial charge in [0.2, 0.25) is 0 Å². The molecule has 144 valence electrons. The molecule has 1 aliphatic rings. The van der Waals surface area contributed by atoms with E-state index in [1.54, 1.807) is 30.3 Å². The Balaban J connectivity index is 1.84. The molecule has 0 bridgehead atoms. The van der Waals surface area contributed by atoms with E-state index in [-0.39, 0.29) is 16.2 Å². The molecule has 1 heterocycles. The third-order valence-electron chi connectivity index (χ3n) is 4.38. The number of rotatable bonds is 4. The Labute approximate surface area is 165 Å². The number of nitrogens with one attached hydrogen (secondary N) is 1. The van der Waals surface area contributed by atoms with Crippen molar-refractivity contribution in [1.29, 1.82) is 0 Å². The summed E-state index contributed by atoms with van der Waals surface area (Å²) in [4.78, 5) is 12.6. The summed E-state index contributed by atoms with van der Waals surface area (Å²) in [6.45, 7) is 7.08. The summed E-state index contributed by atoms with van der Waals surface area (Å²) >= 11 is 5.86. The standard InChI is InChI=1S/C20H23ClN2O3S/c1-20(2,3)13-22-19(24)15-4-9-18-14(12-15)10-11-23(18)27(25,26)17-7-5-16(21)6-8-17/h4-9,12H,10-11,13H2,1-3H3,(H,22,24). The number of fused-ring (bicyclic) bond motifs is 1. The van der Waals surface area contributed by atoms with Gasteiger partial charge in [-0.25, -0.2) is 8.42 Å². The Morgan fingerprint density at radius 2 is 1.81 bits per heavy atom. The van der Waals surface area contributed by atoms with Crippen molar-refractivity contribution in [2.45, 2.75) is 32.1 Å². The van der Waals surface area contributed by atoms with Gasteiger partial charge >= 0.3 is 0 Å². The van der Waals surface area contributed by atoms with Gasteiger partial charge in [0.15, 0.2) is 0 Å². The molecule has 0 saturated carbocycles. The average Bonchev–Trinajstić information content (AvgIpc) is 3.03. The Kier molecular flexibility index (Phi) is 5.23. The van der Waals surface area contributed by atoms with E-state index in [0.717, 1.165) is 5.56 Å². The minimum atomic E-state index is -3.66. The lowest BCUT2D eigenvalue weighted by atomic mass is 9.97. The maximum atomic E-state index is 12.9. The fourth-order valence-electron chi connectivity index (χ4n) is 2.94. The van der Waals surface area contributed by atoms with Gasteiger partial charge in [-0.2, -0.15) is 0 Å². The van der Waals surface area contributed by atoms with E-state index < -0.39 is 10.0 Å². The predicted octanol–water partition coefficient (Wildman–Crippen LogP) is 3.87. The first-order chi connectivity index (χ1) is 12.6. The molecule has 0 aliphatic carbocycles. The monoisotopic (exact) mass is 406 g/mol. The van der Waals surface area contributed by atoms with Crippen LogP contribution in [0.3, 0.4) is 0 Å². The summed E-state index contributed by atoms with van der Waals surface area (Å²) in [5.41, 5.74) is 2.02. The number of carbonyl (C=O) groups excluding carboxylic acids is 1. The highest BCUT2D eigenvalue weighted by atomic mass is 35.5. The molecule has 27 heavy (non-hydrogen) atoms. The number of nitrogens with zero attached hydrogens (tertiary/aromatic N) is 1. The van der Waals surface area contributed by atoms with E-state index in [4.69, 9.17) is 11.6 Å². The summed E-state index contributed by atoms with van der Waals surface area (Å²) in [6, 6.07) is 11.3. The van der Waals surface area contributed by atoms with E-state index in [1.807, 2.05) is 0 Å². The van der Waals surface area contributed by atoms with Crippen molar-refractivity contribution in [3.8, 4) is 0 Å². The molecule has 7 heteroatoms. The van der Waals surface area contributed by atoms with Gasteiger partial charge in [0.05, 0.1) is 10.6 Å². The Hall–Kier alpha value is -2.05. The molecule has 1 amide bonds. The van der Waals surface area contributed by atoms with Crippen LogP contribution in [-0.4, -0.2) is 27.4 Å².